The summed E-state index contributed by atoms with van der Waals surface area (Å²) >= 11 is 0. The van der Waals surface area contributed by atoms with Gasteiger partial charge in [0.25, 0.3) is 0 Å². The molecule has 1 unspecified atom stereocenters. The summed E-state index contributed by atoms with van der Waals surface area (Å²) in [6.07, 6.45) is 1.75. The van der Waals surface area contributed by atoms with Gasteiger partial charge in [-0.1, -0.05) is 48.5 Å². The molecule has 1 atom stereocenters. The van der Waals surface area contributed by atoms with E-state index in [1.807, 2.05) is 18.2 Å². The van der Waals surface area contributed by atoms with Crippen molar-refractivity contribution < 1.29 is 18.3 Å². The van der Waals surface area contributed by atoms with Crippen LogP contribution < -0.4 is 20.7 Å². The molecule has 1 heterocycles. The molecule has 8 heteroatoms. The first-order chi connectivity index (χ1) is 15.5. The molecule has 0 saturated carbocycles. The molecule has 0 aromatic heterocycles. The predicted molar refractivity (Wildman–Crippen MR) is 122 cm³/mol. The fourth-order valence-electron chi connectivity index (χ4n) is 3.93. The topological polar surface area (TPSA) is 66.9 Å². The number of halogens is 2. The largest absolute Gasteiger partial charge is 0.434 e. The second-order valence-electron chi connectivity index (χ2n) is 7.93. The van der Waals surface area contributed by atoms with Gasteiger partial charge in [0.1, 0.15) is 5.75 Å². The van der Waals surface area contributed by atoms with Gasteiger partial charge in [-0.3, -0.25) is 4.99 Å². The average molecular weight is 447 g/mol. The summed E-state index contributed by atoms with van der Waals surface area (Å²) in [5.74, 6) is 0.751. The lowest BCUT2D eigenvalue weighted by Crippen LogP contribution is -2.58. The Kier molecular flexibility index (Phi) is 8.81. The summed E-state index contributed by atoms with van der Waals surface area (Å²) in [5.41, 5.74) is 1.71. The smallest absolute Gasteiger partial charge is 0.387 e. The van der Waals surface area contributed by atoms with Gasteiger partial charge in [0.05, 0.1) is 0 Å². The molecule has 1 saturated heterocycles. The van der Waals surface area contributed by atoms with E-state index in [1.54, 1.807) is 25.2 Å². The minimum Gasteiger partial charge on any atom is -0.434 e. The van der Waals surface area contributed by atoms with Gasteiger partial charge in [-0.05, 0) is 31.4 Å². The summed E-state index contributed by atoms with van der Waals surface area (Å²) in [4.78, 5) is 4.29. The number of nitrogens with one attached hydrogen (secondary N) is 3. The number of benzene rings is 2. The van der Waals surface area contributed by atoms with Crippen LogP contribution in [-0.2, 0) is 11.3 Å². The minimum absolute atomic E-state index is 0.151. The molecule has 6 nitrogen and oxygen atoms in total. The van der Waals surface area contributed by atoms with Gasteiger partial charge in [-0.2, -0.15) is 8.78 Å². The molecule has 3 rings (SSSR count). The zero-order chi connectivity index (χ0) is 22.8. The van der Waals surface area contributed by atoms with Crippen molar-refractivity contribution in [3.05, 3.63) is 65.7 Å². The van der Waals surface area contributed by atoms with Crippen LogP contribution in [0.2, 0.25) is 0 Å². The SMILES string of the molecule is CN=C(NCc1ccccc1OC(F)F)NCC1(NC(C)c2ccccc2)CCOCC1. The second kappa shape index (κ2) is 11.8. The first-order valence-corrected chi connectivity index (χ1v) is 10.9. The number of ether oxygens (including phenoxy) is 2. The van der Waals surface area contributed by atoms with E-state index >= 15 is 0 Å². The Labute approximate surface area is 188 Å². The average Bonchev–Trinajstić information content (AvgIpc) is 2.81. The zero-order valence-corrected chi connectivity index (χ0v) is 18.6. The maximum Gasteiger partial charge on any atom is 0.387 e. The van der Waals surface area contributed by atoms with Crippen LogP contribution in [0.4, 0.5) is 8.78 Å². The fourth-order valence-corrected chi connectivity index (χ4v) is 3.93. The highest BCUT2D eigenvalue weighted by Crippen LogP contribution is 2.25. The van der Waals surface area contributed by atoms with Crippen molar-refractivity contribution in [2.24, 2.45) is 4.99 Å². The van der Waals surface area contributed by atoms with Crippen molar-refractivity contribution in [1.29, 1.82) is 0 Å². The molecule has 174 valence electrons. The molecule has 3 N–H and O–H groups in total. The maximum atomic E-state index is 12.7. The Bertz CT molecular complexity index is 858. The maximum absolute atomic E-state index is 12.7. The quantitative estimate of drug-likeness (QED) is 0.403. The molecular weight excluding hydrogens is 414 g/mol. The first kappa shape index (κ1) is 23.9. The van der Waals surface area contributed by atoms with E-state index in [-0.39, 0.29) is 17.3 Å². The van der Waals surface area contributed by atoms with Crippen molar-refractivity contribution in [1.82, 2.24) is 16.0 Å². The van der Waals surface area contributed by atoms with Crippen molar-refractivity contribution in [3.63, 3.8) is 0 Å². The first-order valence-electron chi connectivity index (χ1n) is 10.9. The Morgan fingerprint density at radius 1 is 1.06 bits per heavy atom. The number of aliphatic imine (C=N–C) groups is 1. The van der Waals surface area contributed by atoms with Crippen LogP contribution >= 0.6 is 0 Å². The van der Waals surface area contributed by atoms with Crippen LogP contribution in [0.25, 0.3) is 0 Å². The van der Waals surface area contributed by atoms with Crippen molar-refractivity contribution in [2.45, 2.75) is 44.5 Å². The van der Waals surface area contributed by atoms with Gasteiger partial charge in [0, 0.05) is 50.5 Å². The van der Waals surface area contributed by atoms with Crippen LogP contribution in [-0.4, -0.2) is 44.9 Å². The molecule has 1 aliphatic rings. The van der Waals surface area contributed by atoms with Gasteiger partial charge in [-0.15, -0.1) is 0 Å². The number of rotatable bonds is 9. The number of alkyl halides is 2. The summed E-state index contributed by atoms with van der Waals surface area (Å²) in [6, 6.07) is 17.3. The van der Waals surface area contributed by atoms with Crippen LogP contribution in [0.15, 0.2) is 59.6 Å². The molecule has 0 aliphatic carbocycles. The summed E-state index contributed by atoms with van der Waals surface area (Å²) in [5, 5.41) is 10.4. The summed E-state index contributed by atoms with van der Waals surface area (Å²) in [7, 11) is 1.69. The summed E-state index contributed by atoms with van der Waals surface area (Å²) < 4.78 is 35.5. The van der Waals surface area contributed by atoms with Crippen LogP contribution in [0, 0.1) is 0 Å². The standard InChI is InChI=1S/C24H32F2N4O2/c1-18(19-8-4-3-5-9-19)30-24(12-14-31-15-13-24)17-29-23(27-2)28-16-20-10-6-7-11-21(20)32-22(25)26/h3-11,18,22,30H,12-17H2,1-2H3,(H2,27,28,29). The Balaban J connectivity index is 1.61. The van der Waals surface area contributed by atoms with Crippen molar-refractivity contribution >= 4 is 5.96 Å². The number of guanidine groups is 1. The van der Waals surface area contributed by atoms with E-state index in [1.165, 1.54) is 11.6 Å². The van der Waals surface area contributed by atoms with E-state index in [2.05, 4.69) is 44.7 Å². The van der Waals surface area contributed by atoms with Gasteiger partial charge in [0.2, 0.25) is 0 Å². The normalized spacial score (nSPS) is 17.1. The molecule has 2 aromatic carbocycles. The Morgan fingerprint density at radius 3 is 2.44 bits per heavy atom. The van der Waals surface area contributed by atoms with Crippen LogP contribution in [0.3, 0.4) is 0 Å². The fraction of sp³-hybridized carbons (Fsp3) is 0.458. The molecule has 0 bridgehead atoms. The number of nitrogens with zero attached hydrogens (tertiary/aromatic N) is 1. The van der Waals surface area contributed by atoms with Gasteiger partial charge >= 0.3 is 6.61 Å². The van der Waals surface area contributed by atoms with E-state index < -0.39 is 6.61 Å². The lowest BCUT2D eigenvalue weighted by Gasteiger charge is -2.41. The Hall–Kier alpha value is -2.71. The van der Waals surface area contributed by atoms with Gasteiger partial charge in [0.15, 0.2) is 5.96 Å². The summed E-state index contributed by atoms with van der Waals surface area (Å²) in [6.45, 7) is 1.66. The van der Waals surface area contributed by atoms with E-state index in [9.17, 15) is 8.78 Å². The predicted octanol–water partition coefficient (Wildman–Crippen LogP) is 3.85. The van der Waals surface area contributed by atoms with Crippen molar-refractivity contribution in [3.8, 4) is 5.75 Å². The molecule has 0 spiro atoms. The molecule has 1 aliphatic heterocycles. The third-order valence-electron chi connectivity index (χ3n) is 5.72. The molecule has 0 amide bonds. The minimum atomic E-state index is -2.86. The van der Waals surface area contributed by atoms with Gasteiger partial charge in [-0.25, -0.2) is 0 Å². The molecule has 2 aromatic rings. The number of hydrogen-bond acceptors (Lipinski definition) is 4. The highest BCUT2D eigenvalue weighted by molar-refractivity contribution is 5.79. The third-order valence-corrected chi connectivity index (χ3v) is 5.72. The molecule has 0 radical (unpaired) electrons. The zero-order valence-electron chi connectivity index (χ0n) is 18.6. The third kappa shape index (κ3) is 6.90. The van der Waals surface area contributed by atoms with Crippen molar-refractivity contribution in [2.75, 3.05) is 26.8 Å². The van der Waals surface area contributed by atoms with E-state index in [0.717, 1.165) is 12.8 Å². The highest BCUT2D eigenvalue weighted by Gasteiger charge is 2.34. The molecule has 32 heavy (non-hydrogen) atoms. The highest BCUT2D eigenvalue weighted by atomic mass is 19.3. The molecule has 1 fully saturated rings. The van der Waals surface area contributed by atoms with Gasteiger partial charge < -0.3 is 25.4 Å². The number of hydrogen-bond donors (Lipinski definition) is 3. The molecular formula is C24H32F2N4O2. The van der Waals surface area contributed by atoms with Crippen LogP contribution in [0.1, 0.15) is 36.9 Å². The van der Waals surface area contributed by atoms with E-state index in [0.29, 0.717) is 37.8 Å². The van der Waals surface area contributed by atoms with Crippen LogP contribution in [0.5, 0.6) is 5.75 Å². The number of para-hydroxylation sites is 1. The van der Waals surface area contributed by atoms with E-state index in [4.69, 9.17) is 4.74 Å². The second-order valence-corrected chi connectivity index (χ2v) is 7.93. The Morgan fingerprint density at radius 2 is 1.75 bits per heavy atom. The monoisotopic (exact) mass is 446 g/mol. The lowest BCUT2D eigenvalue weighted by molar-refractivity contribution is -0.0504. The lowest BCUT2D eigenvalue weighted by atomic mass is 9.88.